The molecule has 0 spiro atoms. The third-order valence-electron chi connectivity index (χ3n) is 4.81. The Balaban J connectivity index is -0.0000000221. The van der Waals surface area contributed by atoms with Gasteiger partial charge in [-0.2, -0.15) is 9.66 Å². The number of sulfonamides is 2. The fourth-order valence-corrected chi connectivity index (χ4v) is 2.30. The number of hydrogen-bond acceptors (Lipinski definition) is 29. The first kappa shape index (κ1) is 98.6. The minimum absolute atomic E-state index is 0. The Bertz CT molecular complexity index is 1870. The lowest BCUT2D eigenvalue weighted by Crippen LogP contribution is -2.37. The van der Waals surface area contributed by atoms with E-state index in [9.17, 15) is 45.6 Å². The number of hydrazone groups is 1. The molecule has 2 aromatic rings. The number of hydrazine groups is 12. The molecular formula is C33H118N30O12S2. The number of rotatable bonds is 8. The molecule has 0 aliphatic carbocycles. The molecule has 0 saturated carbocycles. The van der Waals surface area contributed by atoms with Crippen LogP contribution in [0.4, 0.5) is 14.4 Å². The Kier molecular flexibility index (Phi) is 102. The van der Waals surface area contributed by atoms with Gasteiger partial charge in [0.25, 0.3) is 15.9 Å². The smallest absolute Gasteiger partial charge is 0.421 e. The van der Waals surface area contributed by atoms with Crippen molar-refractivity contribution in [1.82, 2.24) is 85.1 Å². The normalized spacial score (nSPS) is 8.18. The molecule has 9 amide bonds. The van der Waals surface area contributed by atoms with E-state index in [0.717, 1.165) is 6.26 Å². The number of hydrogen-bond donors (Lipinski definition) is 28. The number of amides is 9. The molecule has 0 unspecified atom stereocenters. The van der Waals surface area contributed by atoms with Gasteiger partial charge in [-0.05, 0) is 52.5 Å². The van der Waals surface area contributed by atoms with Crippen molar-refractivity contribution in [1.29, 1.82) is 0 Å². The molecule has 0 atom stereocenters. The summed E-state index contributed by atoms with van der Waals surface area (Å²) < 4.78 is 45.5. The first-order valence-electron chi connectivity index (χ1n) is 19.4. The van der Waals surface area contributed by atoms with Gasteiger partial charge in [0, 0.05) is 66.1 Å². The lowest BCUT2D eigenvalue weighted by molar-refractivity contribution is -0.120. The number of methoxy groups -OCH3 is 1. The van der Waals surface area contributed by atoms with E-state index in [1.807, 2.05) is 62.6 Å². The monoisotopic (exact) mass is 1190 g/mol. The first-order chi connectivity index (χ1) is 35.3. The van der Waals surface area contributed by atoms with Gasteiger partial charge >= 0.3 is 18.2 Å². The van der Waals surface area contributed by atoms with Gasteiger partial charge < -0.3 is 33.1 Å². The fraction of sp³-hybridized carbons (Fsp3) is 0.394. The minimum atomic E-state index is -3.47. The number of ether oxygens (including phenoxy) is 1. The minimum Gasteiger partial charge on any atom is -0.452 e. The van der Waals surface area contributed by atoms with Crippen LogP contribution in [0.2, 0.25) is 0 Å². The van der Waals surface area contributed by atoms with Crippen molar-refractivity contribution >= 4 is 68.3 Å². The summed E-state index contributed by atoms with van der Waals surface area (Å²) in [5.41, 5.74) is 40.6. The molecule has 0 saturated heterocycles. The standard InChI is InChI=1S/C7H8N2O.C6H8N2O2S.C3H8N2O.C3H10N2.C2H7N3O.C2H6N2O2.C2H6N2O.C2H8N2.CH6N4.CH5N3O.CH6N2O2S.CH4N2O.CH6N2.CH4.13H2/c8-9-7(10)6-4-2-1-3-5-6;7-8-11(9,10)6-4-2-1-3-5-6;1-3(6)5-4-2;1-4-5(2)3;1-4-2(6)5-3;1-6-2(5)4-3;1-2(5)4-3;1-3-4-2;2-1(3)5-4;2-1(5)4-3;1-6(4,5)3-2;2-3-1-4;1-3-2;;;;;;;;;;;;;;/h1-5H,8H2,(H,9,10);1-5,8H,7H2;4H,1-2H3,(H,5,6);4H,1-3H3;3H2,1H3,(H2,4,5,6);3H2,1H3,(H,4,5);3H2,1H3,(H,4,5);3-4H,1-2H3;4H2,(H4,2,3,5);3H2,(H3,2,4,5);3H,2H2,1H3;1H,2H2,(H,3,4);3H,2H2,1H3;1H4;13*1H. The lowest BCUT2D eigenvalue weighted by Gasteiger charge is -2.02. The molecule has 0 radical (unpaired) electrons. The number of benzene rings is 2. The van der Waals surface area contributed by atoms with E-state index in [2.05, 4.69) is 100 Å². The third-order valence-corrected chi connectivity index (χ3v) is 6.44. The van der Waals surface area contributed by atoms with Crippen LogP contribution in [0.15, 0.2) is 70.7 Å². The molecule has 0 heterocycles. The van der Waals surface area contributed by atoms with Crippen molar-refractivity contribution in [2.75, 3.05) is 69.7 Å². The number of urea groups is 2. The number of primary amides is 1. The summed E-state index contributed by atoms with van der Waals surface area (Å²) >= 11 is 0. The number of nitrogen functional groups attached to an aromatic ring is 1. The molecule has 484 valence electrons. The Labute approximate surface area is 469 Å². The van der Waals surface area contributed by atoms with Gasteiger partial charge in [0.15, 0.2) is 0 Å². The summed E-state index contributed by atoms with van der Waals surface area (Å²) in [7, 11) is 8.82. The summed E-state index contributed by atoms with van der Waals surface area (Å²) in [6.07, 6.45) is 0.752. The van der Waals surface area contributed by atoms with Crippen LogP contribution in [0.3, 0.4) is 0 Å². The van der Waals surface area contributed by atoms with Crippen molar-refractivity contribution < 1.29 is 73.7 Å². The van der Waals surface area contributed by atoms with Gasteiger partial charge in [0.05, 0.1) is 18.3 Å². The summed E-state index contributed by atoms with van der Waals surface area (Å²) in [6, 6.07) is 15.6. The van der Waals surface area contributed by atoms with Crippen LogP contribution in [-0.2, 0) is 39.2 Å². The zero-order valence-electron chi connectivity index (χ0n) is 44.5. The molecule has 44 heteroatoms. The number of guanidine groups is 1. The summed E-state index contributed by atoms with van der Waals surface area (Å²) in [6.45, 7) is 2.79. The SMILES string of the molecule is C.CC(=O)NN.CNC(=O)NN.CNN.CNN(C)C.CNNC.CNNC(C)=O.COC(=O)NN.CS(=O)(=O)NN.NN=C(N)N.NNC(=O)c1ccccc1.NNC(N)=O.NNC=O.NNS(=O)(=O)c1ccccc1.[HH].[HH].[HH].[HH].[HH].[HH].[HH].[HH].[HH].[HH].[HH].[HH].[HH]. The number of nitrogens with one attached hydrogen (secondary N) is 15. The molecule has 2 rings (SSSR count). The van der Waals surface area contributed by atoms with Crippen molar-refractivity contribution in [3.63, 3.8) is 0 Å². The largest absolute Gasteiger partial charge is 0.452 e. The van der Waals surface area contributed by atoms with Gasteiger partial charge in [0.2, 0.25) is 34.2 Å². The second-order valence-corrected chi connectivity index (χ2v) is 14.4. The topological polar surface area (TPSA) is 731 Å². The Morgan fingerprint density at radius 2 is 0.974 bits per heavy atom. The molecule has 0 aliphatic rings. The van der Waals surface area contributed by atoms with Crippen LogP contribution in [0.1, 0.15) is 50.2 Å². The van der Waals surface area contributed by atoms with E-state index in [0.29, 0.717) is 12.0 Å². The summed E-state index contributed by atoms with van der Waals surface area (Å²) in [5, 5.41) is 6.98. The van der Waals surface area contributed by atoms with Crippen LogP contribution in [-0.4, -0.2) is 140 Å². The van der Waals surface area contributed by atoms with Gasteiger partial charge in [-0.15, -0.1) is 5.10 Å². The Hall–Kier alpha value is -7.58. The Morgan fingerprint density at radius 1 is 0.636 bits per heavy atom. The number of carbonyl (C=O) groups is 7. The number of nitrogens with two attached hydrogens (primary N) is 13. The van der Waals surface area contributed by atoms with Crippen molar-refractivity contribution in [2.45, 2.75) is 26.2 Å². The molecule has 0 bridgehead atoms. The molecule has 0 aromatic heterocycles. The number of nitrogens with zero attached hydrogens (tertiary/aromatic N) is 2. The second-order valence-electron chi connectivity index (χ2n) is 10.9. The van der Waals surface area contributed by atoms with E-state index in [4.69, 9.17) is 27.9 Å². The zero-order chi connectivity index (χ0) is 62.6. The van der Waals surface area contributed by atoms with Crippen LogP contribution in [0, 0.1) is 0 Å². The highest BCUT2D eigenvalue weighted by Gasteiger charge is 2.09. The van der Waals surface area contributed by atoms with Crippen molar-refractivity contribution in [3.8, 4) is 0 Å². The van der Waals surface area contributed by atoms with E-state index in [1.165, 1.54) is 40.1 Å². The highest BCUT2D eigenvalue weighted by Crippen LogP contribution is 2.04. The molecule has 0 fully saturated rings. The van der Waals surface area contributed by atoms with E-state index in [1.54, 1.807) is 82.5 Å². The molecular weight excluding hydrogens is 1070 g/mol. The second kappa shape index (κ2) is 79.8. The molecule has 41 N–H and O–H groups in total. The van der Waals surface area contributed by atoms with Gasteiger partial charge in [-0.25, -0.2) is 71.7 Å². The van der Waals surface area contributed by atoms with Gasteiger partial charge in [0.1, 0.15) is 0 Å². The summed E-state index contributed by atoms with van der Waals surface area (Å²) in [4.78, 5) is 71.5. The van der Waals surface area contributed by atoms with Crippen LogP contribution >= 0.6 is 0 Å². The van der Waals surface area contributed by atoms with E-state index in [-0.39, 0.29) is 60.6 Å². The maximum atomic E-state index is 11.0. The van der Waals surface area contributed by atoms with Crippen LogP contribution in [0.25, 0.3) is 0 Å². The molecule has 2 aromatic carbocycles. The van der Waals surface area contributed by atoms with E-state index >= 15 is 0 Å². The summed E-state index contributed by atoms with van der Waals surface area (Å²) in [5.74, 6) is 45.2. The van der Waals surface area contributed by atoms with Gasteiger partial charge in [-0.3, -0.25) is 101 Å². The Morgan fingerprint density at radius 3 is 1.09 bits per heavy atom. The highest BCUT2D eigenvalue weighted by atomic mass is 32.2. The fourth-order valence-electron chi connectivity index (χ4n) is 1.65. The van der Waals surface area contributed by atoms with Crippen LogP contribution in [0.5, 0.6) is 0 Å². The third kappa shape index (κ3) is 134. The quantitative estimate of drug-likeness (QED) is 0.0291. The molecule has 42 nitrogen and oxygen atoms in total. The first-order valence-corrected chi connectivity index (χ1v) is 22.8. The van der Waals surface area contributed by atoms with Crippen molar-refractivity contribution in [2.24, 2.45) is 80.7 Å². The number of carbonyl (C=O) groups excluding carboxylic acids is 7. The van der Waals surface area contributed by atoms with Crippen molar-refractivity contribution in [3.05, 3.63) is 66.2 Å². The lowest BCUT2D eigenvalue weighted by atomic mass is 10.2. The highest BCUT2D eigenvalue weighted by molar-refractivity contribution is 7.89. The predicted molar refractivity (Wildman–Crippen MR) is 322 cm³/mol. The average Bonchev–Trinajstić information content (AvgIpc) is 3.42. The maximum Gasteiger partial charge on any atom is 0.421 e. The maximum absolute atomic E-state index is 11.0. The molecule has 77 heavy (non-hydrogen) atoms. The van der Waals surface area contributed by atoms with Gasteiger partial charge in [-0.1, -0.05) is 43.8 Å². The van der Waals surface area contributed by atoms with E-state index < -0.39 is 32.2 Å². The van der Waals surface area contributed by atoms with Crippen LogP contribution < -0.4 is 156 Å². The predicted octanol–water partition coefficient (Wildman–Crippen LogP) is -8.00. The average molecular weight is 1190 g/mol. The zero-order valence-corrected chi connectivity index (χ0v) is 46.1. The molecule has 0 aliphatic heterocycles.